The maximum absolute atomic E-state index is 13.2. The summed E-state index contributed by atoms with van der Waals surface area (Å²) in [6, 6.07) is 27.9. The van der Waals surface area contributed by atoms with Gasteiger partial charge in [0.1, 0.15) is 5.70 Å². The standard InChI is InChI=1S/C33H27BrN2O5/c1-40-30-18-12-22(21-31(30)41-2)11-17-29(37)24-13-15-27(16-14-24)35-33(39)28(20-23-7-6-10-26(34)19-23)36-32(38)25-8-4-3-5-9-25/h3-21H,1-2H3,(H,35,39)(H,36,38)/b17-11+,28-20-. The molecule has 0 aliphatic rings. The normalized spacial score (nSPS) is 11.1. The Labute approximate surface area is 246 Å². The second-order valence-corrected chi connectivity index (χ2v) is 9.69. The number of rotatable bonds is 10. The summed E-state index contributed by atoms with van der Waals surface area (Å²) in [5, 5.41) is 5.51. The van der Waals surface area contributed by atoms with Crippen LogP contribution in [0.3, 0.4) is 0 Å². The highest BCUT2D eigenvalue weighted by Crippen LogP contribution is 2.28. The fourth-order valence-corrected chi connectivity index (χ4v) is 4.26. The van der Waals surface area contributed by atoms with Crippen molar-refractivity contribution < 1.29 is 23.9 Å². The van der Waals surface area contributed by atoms with Crippen molar-refractivity contribution in [3.63, 3.8) is 0 Å². The summed E-state index contributed by atoms with van der Waals surface area (Å²) in [4.78, 5) is 38.8. The lowest BCUT2D eigenvalue weighted by Crippen LogP contribution is -2.30. The second-order valence-electron chi connectivity index (χ2n) is 8.78. The number of ether oxygens (including phenoxy) is 2. The molecule has 0 bridgehead atoms. The van der Waals surface area contributed by atoms with Gasteiger partial charge in [-0.25, -0.2) is 0 Å². The molecule has 0 heterocycles. The Hall–Kier alpha value is -4.95. The molecular formula is C33H27BrN2O5. The van der Waals surface area contributed by atoms with E-state index in [2.05, 4.69) is 26.6 Å². The topological polar surface area (TPSA) is 93.7 Å². The largest absolute Gasteiger partial charge is 0.493 e. The Balaban J connectivity index is 1.48. The van der Waals surface area contributed by atoms with Crippen LogP contribution in [-0.4, -0.2) is 31.8 Å². The minimum atomic E-state index is -0.512. The highest BCUT2D eigenvalue weighted by atomic mass is 79.9. The van der Waals surface area contributed by atoms with Crippen molar-refractivity contribution in [3.05, 3.63) is 136 Å². The van der Waals surface area contributed by atoms with Crippen molar-refractivity contribution in [2.75, 3.05) is 19.5 Å². The molecule has 0 aliphatic heterocycles. The number of ketones is 1. The van der Waals surface area contributed by atoms with Crippen molar-refractivity contribution in [3.8, 4) is 11.5 Å². The molecule has 2 N–H and O–H groups in total. The van der Waals surface area contributed by atoms with Crippen LogP contribution in [0.2, 0.25) is 0 Å². The van der Waals surface area contributed by atoms with Gasteiger partial charge >= 0.3 is 0 Å². The van der Waals surface area contributed by atoms with Gasteiger partial charge in [0.05, 0.1) is 14.2 Å². The minimum Gasteiger partial charge on any atom is -0.493 e. The number of anilines is 1. The molecule has 0 spiro atoms. The lowest BCUT2D eigenvalue weighted by atomic mass is 10.1. The molecule has 41 heavy (non-hydrogen) atoms. The first-order chi connectivity index (χ1) is 19.9. The Morgan fingerprint density at radius 2 is 1.46 bits per heavy atom. The van der Waals surface area contributed by atoms with Crippen molar-refractivity contribution in [2.24, 2.45) is 0 Å². The van der Waals surface area contributed by atoms with Crippen LogP contribution in [0, 0.1) is 0 Å². The van der Waals surface area contributed by atoms with E-state index < -0.39 is 11.8 Å². The average Bonchev–Trinajstić information content (AvgIpc) is 3.00. The number of benzene rings is 4. The third-order valence-electron chi connectivity index (χ3n) is 5.95. The molecule has 8 heteroatoms. The molecule has 4 rings (SSSR count). The number of halogens is 1. The van der Waals surface area contributed by atoms with Gasteiger partial charge in [0.15, 0.2) is 17.3 Å². The van der Waals surface area contributed by atoms with Crippen LogP contribution >= 0.6 is 15.9 Å². The van der Waals surface area contributed by atoms with Gasteiger partial charge in [-0.1, -0.05) is 58.4 Å². The molecule has 0 radical (unpaired) electrons. The van der Waals surface area contributed by atoms with E-state index in [1.165, 1.54) is 6.08 Å². The molecule has 7 nitrogen and oxygen atoms in total. The van der Waals surface area contributed by atoms with Gasteiger partial charge in [-0.15, -0.1) is 0 Å². The molecule has 0 aliphatic carbocycles. The van der Waals surface area contributed by atoms with Crippen LogP contribution in [-0.2, 0) is 4.79 Å². The maximum Gasteiger partial charge on any atom is 0.272 e. The van der Waals surface area contributed by atoms with E-state index in [-0.39, 0.29) is 11.5 Å². The van der Waals surface area contributed by atoms with Crippen molar-refractivity contribution in [1.82, 2.24) is 5.32 Å². The van der Waals surface area contributed by atoms with Gasteiger partial charge in [0.25, 0.3) is 11.8 Å². The van der Waals surface area contributed by atoms with E-state index >= 15 is 0 Å². The number of methoxy groups -OCH3 is 2. The second kappa shape index (κ2) is 13.9. The van der Waals surface area contributed by atoms with Gasteiger partial charge in [0.2, 0.25) is 0 Å². The van der Waals surface area contributed by atoms with Crippen LogP contribution in [0.25, 0.3) is 12.2 Å². The molecule has 0 atom stereocenters. The summed E-state index contributed by atoms with van der Waals surface area (Å²) < 4.78 is 11.4. The van der Waals surface area contributed by atoms with Gasteiger partial charge in [-0.2, -0.15) is 0 Å². The zero-order valence-electron chi connectivity index (χ0n) is 22.4. The molecule has 0 saturated heterocycles. The quantitative estimate of drug-likeness (QED) is 0.153. The summed E-state index contributed by atoms with van der Waals surface area (Å²) in [5.41, 5.74) is 2.90. The predicted molar refractivity (Wildman–Crippen MR) is 164 cm³/mol. The molecule has 0 aromatic heterocycles. The van der Waals surface area contributed by atoms with E-state index in [0.717, 1.165) is 15.6 Å². The SMILES string of the molecule is COc1ccc(/C=C/C(=O)c2ccc(NC(=O)/C(=C/c3cccc(Br)c3)NC(=O)c3ccccc3)cc2)cc1OC. The zero-order valence-corrected chi connectivity index (χ0v) is 24.0. The first-order valence-corrected chi connectivity index (χ1v) is 13.3. The summed E-state index contributed by atoms with van der Waals surface area (Å²) in [6.07, 6.45) is 4.75. The van der Waals surface area contributed by atoms with E-state index in [1.54, 1.807) is 87.0 Å². The summed E-state index contributed by atoms with van der Waals surface area (Å²) in [6.45, 7) is 0. The summed E-state index contributed by atoms with van der Waals surface area (Å²) >= 11 is 3.43. The molecule has 0 saturated carbocycles. The summed E-state index contributed by atoms with van der Waals surface area (Å²) in [5.74, 6) is 0.0345. The molecule has 0 fully saturated rings. The number of amides is 2. The smallest absolute Gasteiger partial charge is 0.272 e. The van der Waals surface area contributed by atoms with Gasteiger partial charge in [0, 0.05) is 21.3 Å². The number of allylic oxidation sites excluding steroid dienone is 1. The molecular weight excluding hydrogens is 584 g/mol. The van der Waals surface area contributed by atoms with Crippen LogP contribution < -0.4 is 20.1 Å². The Kier molecular flexibility index (Phi) is 9.85. The highest BCUT2D eigenvalue weighted by molar-refractivity contribution is 9.10. The molecule has 0 unspecified atom stereocenters. The first-order valence-electron chi connectivity index (χ1n) is 12.6. The number of nitrogens with one attached hydrogen (secondary N) is 2. The van der Waals surface area contributed by atoms with Gasteiger partial charge in [-0.3, -0.25) is 14.4 Å². The molecule has 4 aromatic rings. The van der Waals surface area contributed by atoms with Crippen LogP contribution in [0.4, 0.5) is 5.69 Å². The molecule has 4 aromatic carbocycles. The molecule has 2 amide bonds. The number of hydrogen-bond donors (Lipinski definition) is 2. The van der Waals surface area contributed by atoms with E-state index in [9.17, 15) is 14.4 Å². The number of carbonyl (C=O) groups excluding carboxylic acids is 3. The minimum absolute atomic E-state index is 0.0648. The number of hydrogen-bond acceptors (Lipinski definition) is 5. The Morgan fingerprint density at radius 3 is 2.15 bits per heavy atom. The van der Waals surface area contributed by atoms with Crippen LogP contribution in [0.5, 0.6) is 11.5 Å². The van der Waals surface area contributed by atoms with Crippen molar-refractivity contribution >= 4 is 51.4 Å². The van der Waals surface area contributed by atoms with Gasteiger partial charge in [-0.05, 0) is 83.9 Å². The fraction of sp³-hybridized carbons (Fsp3) is 0.0606. The Bertz CT molecular complexity index is 1610. The van der Waals surface area contributed by atoms with Crippen molar-refractivity contribution in [2.45, 2.75) is 0 Å². The third-order valence-corrected chi connectivity index (χ3v) is 6.44. The van der Waals surface area contributed by atoms with Crippen LogP contribution in [0.1, 0.15) is 31.8 Å². The van der Waals surface area contributed by atoms with E-state index in [4.69, 9.17) is 9.47 Å². The maximum atomic E-state index is 13.2. The van der Waals surface area contributed by atoms with Gasteiger partial charge < -0.3 is 20.1 Å². The highest BCUT2D eigenvalue weighted by Gasteiger charge is 2.15. The van der Waals surface area contributed by atoms with Crippen molar-refractivity contribution in [1.29, 1.82) is 0 Å². The average molecular weight is 611 g/mol. The molecule has 206 valence electrons. The predicted octanol–water partition coefficient (Wildman–Crippen LogP) is 6.77. The third kappa shape index (κ3) is 8.03. The summed E-state index contributed by atoms with van der Waals surface area (Å²) in [7, 11) is 3.11. The fourth-order valence-electron chi connectivity index (χ4n) is 3.85. The van der Waals surface area contributed by atoms with E-state index in [1.807, 2.05) is 36.4 Å². The first kappa shape index (κ1) is 29.0. The number of carbonyl (C=O) groups is 3. The van der Waals surface area contributed by atoms with Crippen LogP contribution in [0.15, 0.2) is 113 Å². The monoisotopic (exact) mass is 610 g/mol. The lowest BCUT2D eigenvalue weighted by molar-refractivity contribution is -0.113. The zero-order chi connectivity index (χ0) is 29.2. The van der Waals surface area contributed by atoms with E-state index in [0.29, 0.717) is 28.3 Å². The lowest BCUT2D eigenvalue weighted by Gasteiger charge is -2.12. The Morgan fingerprint density at radius 1 is 0.732 bits per heavy atom.